The highest BCUT2D eigenvalue weighted by molar-refractivity contribution is 5.03. The summed E-state index contributed by atoms with van der Waals surface area (Å²) in [6, 6.07) is 4.80. The van der Waals surface area contributed by atoms with E-state index in [4.69, 9.17) is 9.15 Å². The minimum absolute atomic E-state index is 0.288. The highest BCUT2D eigenvalue weighted by Gasteiger charge is 2.23. The third-order valence-corrected chi connectivity index (χ3v) is 3.42. The van der Waals surface area contributed by atoms with Crippen LogP contribution in [-0.4, -0.2) is 19.3 Å². The number of rotatable bonds is 4. The van der Waals surface area contributed by atoms with Gasteiger partial charge >= 0.3 is 0 Å². The Labute approximate surface area is 97.2 Å². The third-order valence-electron chi connectivity index (χ3n) is 3.42. The lowest BCUT2D eigenvalue weighted by Gasteiger charge is -2.30. The normalized spacial score (nSPS) is 27.9. The number of hydrogen-bond acceptors (Lipinski definition) is 3. The average molecular weight is 223 g/mol. The molecule has 1 saturated carbocycles. The van der Waals surface area contributed by atoms with Crippen molar-refractivity contribution in [2.24, 2.45) is 0 Å². The molecular formula is C13H21NO2. The number of ether oxygens (including phenoxy) is 1. The van der Waals surface area contributed by atoms with Crippen molar-refractivity contribution in [1.29, 1.82) is 0 Å². The summed E-state index contributed by atoms with van der Waals surface area (Å²) in [6.07, 6.45) is 6.96. The lowest BCUT2D eigenvalue weighted by molar-refractivity contribution is 0.0568. The van der Waals surface area contributed by atoms with Gasteiger partial charge in [-0.15, -0.1) is 0 Å². The molecule has 1 fully saturated rings. The van der Waals surface area contributed by atoms with Gasteiger partial charge in [0.05, 0.1) is 18.4 Å². The smallest absolute Gasteiger partial charge is 0.120 e. The molecule has 2 rings (SSSR count). The van der Waals surface area contributed by atoms with Crippen LogP contribution in [0, 0.1) is 0 Å². The molecule has 0 bridgehead atoms. The third kappa shape index (κ3) is 2.86. The molecule has 0 saturated heterocycles. The van der Waals surface area contributed by atoms with Crippen LogP contribution in [0.25, 0.3) is 0 Å². The van der Waals surface area contributed by atoms with Crippen LogP contribution < -0.4 is 5.32 Å². The molecule has 3 atom stereocenters. The van der Waals surface area contributed by atoms with Gasteiger partial charge in [-0.2, -0.15) is 0 Å². The predicted molar refractivity (Wildman–Crippen MR) is 63.3 cm³/mol. The van der Waals surface area contributed by atoms with Crippen LogP contribution in [0.2, 0.25) is 0 Å². The van der Waals surface area contributed by atoms with Crippen molar-refractivity contribution in [3.63, 3.8) is 0 Å². The van der Waals surface area contributed by atoms with Crippen molar-refractivity contribution in [1.82, 2.24) is 5.32 Å². The molecule has 1 aromatic rings. The summed E-state index contributed by atoms with van der Waals surface area (Å²) in [7, 11) is 1.81. The SMILES string of the molecule is COC1CCCC(NC(C)c2ccco2)C1. The number of nitrogens with one attached hydrogen (secondary N) is 1. The van der Waals surface area contributed by atoms with E-state index in [1.54, 1.807) is 6.26 Å². The van der Waals surface area contributed by atoms with Gasteiger partial charge in [-0.25, -0.2) is 0 Å². The van der Waals surface area contributed by atoms with E-state index < -0.39 is 0 Å². The number of hydrogen-bond donors (Lipinski definition) is 1. The Bertz CT molecular complexity index is 297. The van der Waals surface area contributed by atoms with Gasteiger partial charge in [-0.1, -0.05) is 0 Å². The van der Waals surface area contributed by atoms with Gasteiger partial charge in [0, 0.05) is 13.2 Å². The Kier molecular flexibility index (Phi) is 4.02. The first-order chi connectivity index (χ1) is 7.79. The van der Waals surface area contributed by atoms with Crippen LogP contribution in [0.15, 0.2) is 22.8 Å². The monoisotopic (exact) mass is 223 g/mol. The minimum Gasteiger partial charge on any atom is -0.468 e. The van der Waals surface area contributed by atoms with Crippen molar-refractivity contribution in [2.75, 3.05) is 7.11 Å². The van der Waals surface area contributed by atoms with Gasteiger partial charge < -0.3 is 14.5 Å². The van der Waals surface area contributed by atoms with E-state index in [0.717, 1.165) is 12.2 Å². The quantitative estimate of drug-likeness (QED) is 0.852. The second-order valence-electron chi connectivity index (χ2n) is 4.63. The minimum atomic E-state index is 0.288. The van der Waals surface area contributed by atoms with E-state index in [-0.39, 0.29) is 6.04 Å². The second kappa shape index (κ2) is 5.51. The standard InChI is InChI=1S/C13H21NO2/c1-10(13-7-4-8-16-13)14-11-5-3-6-12(9-11)15-2/h4,7-8,10-12,14H,3,5-6,9H2,1-2H3. The van der Waals surface area contributed by atoms with Gasteiger partial charge in [0.1, 0.15) is 5.76 Å². The molecule has 90 valence electrons. The first-order valence-corrected chi connectivity index (χ1v) is 6.12. The zero-order valence-corrected chi connectivity index (χ0v) is 10.1. The van der Waals surface area contributed by atoms with Crippen LogP contribution in [0.1, 0.15) is 44.4 Å². The molecule has 0 amide bonds. The molecule has 3 heteroatoms. The summed E-state index contributed by atoms with van der Waals surface area (Å²) in [6.45, 7) is 2.15. The first kappa shape index (κ1) is 11.7. The van der Waals surface area contributed by atoms with E-state index in [9.17, 15) is 0 Å². The summed E-state index contributed by atoms with van der Waals surface area (Å²) in [5.41, 5.74) is 0. The fourth-order valence-corrected chi connectivity index (χ4v) is 2.48. The van der Waals surface area contributed by atoms with Crippen LogP contribution in [0.4, 0.5) is 0 Å². The Morgan fingerprint density at radius 2 is 2.38 bits per heavy atom. The molecule has 0 spiro atoms. The summed E-state index contributed by atoms with van der Waals surface area (Å²) in [5.74, 6) is 1.01. The van der Waals surface area contributed by atoms with Crippen LogP contribution in [0.5, 0.6) is 0 Å². The Morgan fingerprint density at radius 1 is 1.50 bits per heavy atom. The van der Waals surface area contributed by atoms with Gasteiger partial charge in [0.15, 0.2) is 0 Å². The average Bonchev–Trinajstić information content (AvgIpc) is 2.83. The summed E-state index contributed by atoms with van der Waals surface area (Å²) in [4.78, 5) is 0. The lowest BCUT2D eigenvalue weighted by Crippen LogP contribution is -2.37. The molecule has 1 aliphatic rings. The summed E-state index contributed by atoms with van der Waals surface area (Å²) < 4.78 is 10.8. The fraction of sp³-hybridized carbons (Fsp3) is 0.692. The van der Waals surface area contributed by atoms with Crippen molar-refractivity contribution < 1.29 is 9.15 Å². The Morgan fingerprint density at radius 3 is 3.06 bits per heavy atom. The van der Waals surface area contributed by atoms with E-state index in [2.05, 4.69) is 12.2 Å². The second-order valence-corrected chi connectivity index (χ2v) is 4.63. The number of furan rings is 1. The molecule has 16 heavy (non-hydrogen) atoms. The van der Waals surface area contributed by atoms with Crippen molar-refractivity contribution in [3.8, 4) is 0 Å². The van der Waals surface area contributed by atoms with Crippen molar-refractivity contribution in [3.05, 3.63) is 24.2 Å². The Hall–Kier alpha value is -0.800. The topological polar surface area (TPSA) is 34.4 Å². The maximum absolute atomic E-state index is 5.43. The van der Waals surface area contributed by atoms with Gasteiger partial charge in [-0.05, 0) is 44.7 Å². The van der Waals surface area contributed by atoms with Crippen molar-refractivity contribution >= 4 is 0 Å². The lowest BCUT2D eigenvalue weighted by atomic mass is 9.92. The Balaban J connectivity index is 1.84. The van der Waals surface area contributed by atoms with Crippen LogP contribution in [0.3, 0.4) is 0 Å². The van der Waals surface area contributed by atoms with E-state index >= 15 is 0 Å². The van der Waals surface area contributed by atoms with Crippen LogP contribution in [-0.2, 0) is 4.74 Å². The fourth-order valence-electron chi connectivity index (χ4n) is 2.48. The number of methoxy groups -OCH3 is 1. The predicted octanol–water partition coefficient (Wildman–Crippen LogP) is 2.89. The molecule has 0 radical (unpaired) electrons. The van der Waals surface area contributed by atoms with E-state index in [1.807, 2.05) is 19.2 Å². The highest BCUT2D eigenvalue weighted by atomic mass is 16.5. The van der Waals surface area contributed by atoms with Crippen molar-refractivity contribution in [2.45, 2.75) is 50.8 Å². The van der Waals surface area contributed by atoms with Crippen LogP contribution >= 0.6 is 0 Å². The first-order valence-electron chi connectivity index (χ1n) is 6.12. The zero-order valence-electron chi connectivity index (χ0n) is 10.1. The maximum Gasteiger partial charge on any atom is 0.120 e. The highest BCUT2D eigenvalue weighted by Crippen LogP contribution is 2.23. The summed E-state index contributed by atoms with van der Waals surface area (Å²) in [5, 5.41) is 3.61. The molecule has 0 aromatic carbocycles. The van der Waals surface area contributed by atoms with Gasteiger partial charge in [0.2, 0.25) is 0 Å². The molecule has 1 aliphatic carbocycles. The zero-order chi connectivity index (χ0) is 11.4. The maximum atomic E-state index is 5.43. The van der Waals surface area contributed by atoms with E-state index in [0.29, 0.717) is 12.1 Å². The molecular weight excluding hydrogens is 202 g/mol. The molecule has 1 N–H and O–H groups in total. The molecule has 3 nitrogen and oxygen atoms in total. The van der Waals surface area contributed by atoms with Gasteiger partial charge in [0.25, 0.3) is 0 Å². The summed E-state index contributed by atoms with van der Waals surface area (Å²) >= 11 is 0. The van der Waals surface area contributed by atoms with Gasteiger partial charge in [-0.3, -0.25) is 0 Å². The molecule has 1 heterocycles. The molecule has 3 unspecified atom stereocenters. The molecule has 1 aromatic heterocycles. The van der Waals surface area contributed by atoms with E-state index in [1.165, 1.54) is 19.3 Å². The largest absolute Gasteiger partial charge is 0.468 e. The molecule has 0 aliphatic heterocycles.